The van der Waals surface area contributed by atoms with Gasteiger partial charge < -0.3 is 9.05 Å². The molecule has 0 fully saturated rings. The van der Waals surface area contributed by atoms with Gasteiger partial charge in [-0.3, -0.25) is 0 Å². The first-order chi connectivity index (χ1) is 16.0. The summed E-state index contributed by atoms with van der Waals surface area (Å²) in [6.45, 7) is 1.91. The van der Waals surface area contributed by atoms with E-state index in [1.807, 2.05) is 79.7 Å². The van der Waals surface area contributed by atoms with Gasteiger partial charge in [-0.25, -0.2) is 8.42 Å². The lowest BCUT2D eigenvalue weighted by atomic mass is 10.1. The van der Waals surface area contributed by atoms with Crippen molar-refractivity contribution >= 4 is 38.6 Å². The fourth-order valence-electron chi connectivity index (χ4n) is 3.53. The number of aryl methyl sites for hydroxylation is 1. The summed E-state index contributed by atoms with van der Waals surface area (Å²) in [5.74, 6) is 0.882. The van der Waals surface area contributed by atoms with Crippen LogP contribution in [-0.4, -0.2) is 8.42 Å². The van der Waals surface area contributed by atoms with E-state index in [0.29, 0.717) is 11.5 Å². The highest BCUT2D eigenvalue weighted by atomic mass is 32.8. The predicted octanol–water partition coefficient (Wildman–Crippen LogP) is 7.46. The summed E-state index contributed by atoms with van der Waals surface area (Å²) >= 11 is 0. The average molecular weight is 473 g/mol. The van der Waals surface area contributed by atoms with E-state index >= 15 is 0 Å². The van der Waals surface area contributed by atoms with Crippen molar-refractivity contribution in [2.45, 2.75) is 11.8 Å². The Morgan fingerprint density at radius 3 is 1.52 bits per heavy atom. The molecule has 5 rings (SSSR count). The maximum atomic E-state index is 13.6. The maximum Gasteiger partial charge on any atom is 0.426 e. The molecule has 0 unspecified atom stereocenters. The zero-order valence-corrected chi connectivity index (χ0v) is 19.6. The van der Waals surface area contributed by atoms with Crippen molar-refractivity contribution < 1.29 is 17.5 Å². The normalized spacial score (nSPS) is 11.7. The number of benzene rings is 5. The Balaban J connectivity index is 1.54. The number of fused-ring (bicyclic) bond motifs is 2. The monoisotopic (exact) mass is 472 g/mol. The third-order valence-electron chi connectivity index (χ3n) is 5.32. The summed E-state index contributed by atoms with van der Waals surface area (Å²) < 4.78 is 39.2. The van der Waals surface area contributed by atoms with Crippen LogP contribution < -0.4 is 9.05 Å². The molecule has 0 atom stereocenters. The lowest BCUT2D eigenvalue weighted by Gasteiger charge is -2.19. The standard InChI is InChI=1S/C27H21O4PS/c1-20-10-16-27(17-11-20)33(28,29)32(30-25-14-12-21-6-2-4-8-23(21)18-25)31-26-15-13-22-7-3-5-9-24(22)19-26/h2-19H,1H3. The van der Waals surface area contributed by atoms with Crippen molar-refractivity contribution in [1.82, 2.24) is 0 Å². The van der Waals surface area contributed by atoms with Crippen LogP contribution in [0.5, 0.6) is 11.5 Å². The van der Waals surface area contributed by atoms with Crippen LogP contribution in [0.15, 0.2) is 114 Å². The summed E-state index contributed by atoms with van der Waals surface area (Å²) in [5, 5.41) is 4.02. The fraction of sp³-hybridized carbons (Fsp3) is 0.0370. The highest BCUT2D eigenvalue weighted by Crippen LogP contribution is 2.50. The molecule has 0 N–H and O–H groups in total. The van der Waals surface area contributed by atoms with E-state index in [2.05, 4.69) is 0 Å². The molecule has 0 aliphatic carbocycles. The van der Waals surface area contributed by atoms with Gasteiger partial charge in [-0.1, -0.05) is 78.4 Å². The molecule has 0 aliphatic rings. The SMILES string of the molecule is Cc1ccc(S(=O)(=O)P(Oc2ccc3ccccc3c2)Oc2ccc3ccccc3c2)cc1. The second kappa shape index (κ2) is 8.86. The molecule has 164 valence electrons. The van der Waals surface area contributed by atoms with E-state index in [1.54, 1.807) is 36.4 Å². The fourth-order valence-corrected chi connectivity index (χ4v) is 6.98. The Morgan fingerprint density at radius 1 is 0.576 bits per heavy atom. The van der Waals surface area contributed by atoms with E-state index in [0.717, 1.165) is 27.1 Å². The third kappa shape index (κ3) is 4.56. The summed E-state index contributed by atoms with van der Waals surface area (Å²) in [7, 11) is -6.28. The molecule has 0 spiro atoms. The highest BCUT2D eigenvalue weighted by molar-refractivity contribution is 8.47. The minimum atomic E-state index is -3.90. The first-order valence-corrected chi connectivity index (χ1v) is 13.7. The Morgan fingerprint density at radius 2 is 1.03 bits per heavy atom. The molecule has 0 amide bonds. The Labute approximate surface area is 194 Å². The van der Waals surface area contributed by atoms with Gasteiger partial charge >= 0.3 is 7.58 Å². The first-order valence-electron chi connectivity index (χ1n) is 10.4. The van der Waals surface area contributed by atoms with Gasteiger partial charge in [-0.2, -0.15) is 0 Å². The topological polar surface area (TPSA) is 52.6 Å². The van der Waals surface area contributed by atoms with Crippen molar-refractivity contribution in [3.63, 3.8) is 0 Å². The van der Waals surface area contributed by atoms with Gasteiger partial charge in [0.25, 0.3) is 9.46 Å². The molecule has 0 aliphatic heterocycles. The molecule has 4 nitrogen and oxygen atoms in total. The van der Waals surface area contributed by atoms with Gasteiger partial charge in [-0.05, 0) is 64.9 Å². The van der Waals surface area contributed by atoms with E-state index < -0.39 is 17.0 Å². The Kier molecular flexibility index (Phi) is 5.76. The smallest absolute Gasteiger partial charge is 0.426 e. The summed E-state index contributed by atoms with van der Waals surface area (Å²) in [6, 6.07) is 33.4. The van der Waals surface area contributed by atoms with Gasteiger partial charge in [0.05, 0.1) is 4.90 Å². The van der Waals surface area contributed by atoms with Crippen molar-refractivity contribution in [2.24, 2.45) is 0 Å². The van der Waals surface area contributed by atoms with Crippen molar-refractivity contribution in [2.75, 3.05) is 0 Å². The summed E-state index contributed by atoms with van der Waals surface area (Å²) in [4.78, 5) is 0.167. The minimum absolute atomic E-state index is 0.167. The van der Waals surface area contributed by atoms with Crippen LogP contribution in [0.4, 0.5) is 0 Å². The number of hydrogen-bond acceptors (Lipinski definition) is 4. The Bertz CT molecular complexity index is 1460. The average Bonchev–Trinajstić information content (AvgIpc) is 2.84. The Hall–Kier alpha value is -3.40. The van der Waals surface area contributed by atoms with Crippen LogP contribution >= 0.6 is 7.58 Å². The molecule has 0 saturated heterocycles. The third-order valence-corrected chi connectivity index (χ3v) is 9.55. The van der Waals surface area contributed by atoms with Crippen LogP contribution in [0.1, 0.15) is 5.56 Å². The van der Waals surface area contributed by atoms with Crippen LogP contribution in [0, 0.1) is 6.92 Å². The minimum Gasteiger partial charge on any atom is -0.428 e. The van der Waals surface area contributed by atoms with Crippen LogP contribution in [0.25, 0.3) is 21.5 Å². The zero-order valence-electron chi connectivity index (χ0n) is 17.9. The van der Waals surface area contributed by atoms with Crippen molar-refractivity contribution in [3.8, 4) is 11.5 Å². The van der Waals surface area contributed by atoms with Gasteiger partial charge in [0.1, 0.15) is 11.5 Å². The first kappa shape index (κ1) is 21.4. The zero-order chi connectivity index (χ0) is 22.8. The highest BCUT2D eigenvalue weighted by Gasteiger charge is 2.35. The van der Waals surface area contributed by atoms with E-state index in [9.17, 15) is 8.42 Å². The largest absolute Gasteiger partial charge is 0.428 e. The molecule has 0 radical (unpaired) electrons. The molecule has 6 heteroatoms. The summed E-state index contributed by atoms with van der Waals surface area (Å²) in [6.07, 6.45) is 0. The molecule has 33 heavy (non-hydrogen) atoms. The second-order valence-corrected chi connectivity index (χ2v) is 12.3. The predicted molar refractivity (Wildman–Crippen MR) is 134 cm³/mol. The lowest BCUT2D eigenvalue weighted by Crippen LogP contribution is -2.08. The van der Waals surface area contributed by atoms with Gasteiger partial charge in [-0.15, -0.1) is 0 Å². The molecule has 0 aromatic heterocycles. The molecule has 5 aromatic rings. The molecule has 0 saturated carbocycles. The molecular weight excluding hydrogens is 451 g/mol. The molecule has 5 aromatic carbocycles. The van der Waals surface area contributed by atoms with Gasteiger partial charge in [0, 0.05) is 0 Å². The van der Waals surface area contributed by atoms with Gasteiger partial charge in [0.15, 0.2) is 0 Å². The molecular formula is C27H21O4PS. The molecule has 0 bridgehead atoms. The summed E-state index contributed by atoms with van der Waals surface area (Å²) in [5.41, 5.74) is 0.976. The second-order valence-electron chi connectivity index (χ2n) is 7.71. The number of rotatable bonds is 6. The van der Waals surface area contributed by atoms with Crippen LogP contribution in [0.2, 0.25) is 0 Å². The van der Waals surface area contributed by atoms with Gasteiger partial charge in [0.2, 0.25) is 0 Å². The van der Waals surface area contributed by atoms with Crippen LogP contribution in [0.3, 0.4) is 0 Å². The van der Waals surface area contributed by atoms with E-state index in [-0.39, 0.29) is 4.90 Å². The van der Waals surface area contributed by atoms with E-state index in [4.69, 9.17) is 9.05 Å². The van der Waals surface area contributed by atoms with E-state index in [1.165, 1.54) is 0 Å². The maximum absolute atomic E-state index is 13.6. The van der Waals surface area contributed by atoms with Crippen molar-refractivity contribution in [3.05, 3.63) is 115 Å². The van der Waals surface area contributed by atoms with Crippen LogP contribution in [-0.2, 0) is 9.46 Å². The quantitative estimate of drug-likeness (QED) is 0.241. The molecule has 0 heterocycles. The van der Waals surface area contributed by atoms with Crippen molar-refractivity contribution in [1.29, 1.82) is 0 Å². The number of hydrogen-bond donors (Lipinski definition) is 0. The lowest BCUT2D eigenvalue weighted by molar-refractivity contribution is 0.500.